The molecule has 0 fully saturated rings. The number of amides is 1. The summed E-state index contributed by atoms with van der Waals surface area (Å²) in [5.74, 6) is 1.13. The lowest BCUT2D eigenvalue weighted by atomic mass is 10.1. The summed E-state index contributed by atoms with van der Waals surface area (Å²) >= 11 is 1.73. The van der Waals surface area contributed by atoms with E-state index in [9.17, 15) is 4.79 Å². The molecule has 3 aromatic rings. The number of rotatable bonds is 8. The molecule has 2 unspecified atom stereocenters. The summed E-state index contributed by atoms with van der Waals surface area (Å²) in [6.45, 7) is 8.91. The van der Waals surface area contributed by atoms with Crippen molar-refractivity contribution in [1.29, 1.82) is 0 Å². The van der Waals surface area contributed by atoms with Gasteiger partial charge in [0.2, 0.25) is 5.91 Å². The molecule has 27 heavy (non-hydrogen) atoms. The first-order chi connectivity index (χ1) is 13.0. The summed E-state index contributed by atoms with van der Waals surface area (Å²) in [7, 11) is 0. The van der Waals surface area contributed by atoms with Crippen LogP contribution >= 0.6 is 11.3 Å². The van der Waals surface area contributed by atoms with Crippen LogP contribution < -0.4 is 0 Å². The van der Waals surface area contributed by atoms with Gasteiger partial charge in [-0.3, -0.25) is 4.79 Å². The summed E-state index contributed by atoms with van der Waals surface area (Å²) in [4.78, 5) is 21.4. The maximum Gasteiger partial charge on any atom is 0.243 e. The molecule has 1 aromatic carbocycles. The van der Waals surface area contributed by atoms with Gasteiger partial charge in [-0.15, -0.1) is 11.3 Å². The van der Waals surface area contributed by atoms with E-state index in [-0.39, 0.29) is 18.0 Å². The molecule has 4 nitrogen and oxygen atoms in total. The number of para-hydroxylation sites is 2. The minimum Gasteiger partial charge on any atom is -0.336 e. The topological polar surface area (TPSA) is 38.1 Å². The second-order valence-corrected chi connectivity index (χ2v) is 8.21. The number of hydrogen-bond donors (Lipinski definition) is 0. The van der Waals surface area contributed by atoms with Gasteiger partial charge < -0.3 is 9.47 Å². The quantitative estimate of drug-likeness (QED) is 0.542. The van der Waals surface area contributed by atoms with Gasteiger partial charge >= 0.3 is 0 Å². The number of thiophene rings is 1. The van der Waals surface area contributed by atoms with Crippen LogP contribution in [0.4, 0.5) is 0 Å². The molecule has 0 saturated heterocycles. The van der Waals surface area contributed by atoms with Crippen LogP contribution in [0.25, 0.3) is 11.0 Å². The highest BCUT2D eigenvalue weighted by molar-refractivity contribution is 7.09. The number of carbonyl (C=O) groups excluding carboxylic acids is 1. The van der Waals surface area contributed by atoms with Gasteiger partial charge in [-0.25, -0.2) is 4.98 Å². The van der Waals surface area contributed by atoms with Crippen molar-refractivity contribution >= 4 is 28.3 Å². The molecule has 5 heteroatoms. The van der Waals surface area contributed by atoms with Crippen molar-refractivity contribution in [2.45, 2.75) is 65.6 Å². The summed E-state index contributed by atoms with van der Waals surface area (Å²) in [5, 5.41) is 2.08. The molecule has 0 radical (unpaired) electrons. The largest absolute Gasteiger partial charge is 0.336 e. The Balaban J connectivity index is 1.95. The maximum atomic E-state index is 13.3. The molecule has 0 saturated carbocycles. The van der Waals surface area contributed by atoms with Crippen molar-refractivity contribution in [1.82, 2.24) is 14.5 Å². The Morgan fingerprint density at radius 3 is 2.44 bits per heavy atom. The Morgan fingerprint density at radius 1 is 1.11 bits per heavy atom. The van der Waals surface area contributed by atoms with Crippen molar-refractivity contribution < 1.29 is 4.79 Å². The maximum absolute atomic E-state index is 13.3. The van der Waals surface area contributed by atoms with Crippen LogP contribution in [0.15, 0.2) is 41.8 Å². The van der Waals surface area contributed by atoms with E-state index in [1.807, 2.05) is 18.2 Å². The fraction of sp³-hybridized carbons (Fsp3) is 0.455. The van der Waals surface area contributed by atoms with Crippen LogP contribution in [0.2, 0.25) is 0 Å². The zero-order valence-corrected chi connectivity index (χ0v) is 17.5. The van der Waals surface area contributed by atoms with E-state index in [0.717, 1.165) is 36.1 Å². The van der Waals surface area contributed by atoms with Crippen molar-refractivity contribution in [3.05, 3.63) is 52.5 Å². The molecule has 144 valence electrons. The Hall–Kier alpha value is -2.14. The molecule has 0 bridgehead atoms. The molecule has 0 aliphatic heterocycles. The Morgan fingerprint density at radius 2 is 1.81 bits per heavy atom. The first-order valence-corrected chi connectivity index (χ1v) is 10.7. The predicted octanol–water partition coefficient (Wildman–Crippen LogP) is 5.11. The third kappa shape index (κ3) is 4.24. The molecule has 3 rings (SSSR count). The first kappa shape index (κ1) is 19.6. The second-order valence-electron chi connectivity index (χ2n) is 7.17. The highest BCUT2D eigenvalue weighted by Gasteiger charge is 2.25. The van der Waals surface area contributed by atoms with Crippen LogP contribution in [0, 0.1) is 0 Å². The Bertz CT molecular complexity index is 874. The number of imidazole rings is 1. The van der Waals surface area contributed by atoms with Crippen LogP contribution in [0.3, 0.4) is 0 Å². The fourth-order valence-corrected chi connectivity index (χ4v) is 4.24. The lowest BCUT2D eigenvalue weighted by Crippen LogP contribution is -2.45. The van der Waals surface area contributed by atoms with Gasteiger partial charge in [0.25, 0.3) is 0 Å². The predicted molar refractivity (Wildman–Crippen MR) is 113 cm³/mol. The van der Waals surface area contributed by atoms with Gasteiger partial charge in [0, 0.05) is 23.4 Å². The monoisotopic (exact) mass is 383 g/mol. The lowest BCUT2D eigenvalue weighted by molar-refractivity contribution is -0.136. The first-order valence-electron chi connectivity index (χ1n) is 9.82. The van der Waals surface area contributed by atoms with Gasteiger partial charge in [-0.05, 0) is 50.3 Å². The van der Waals surface area contributed by atoms with E-state index in [1.54, 1.807) is 11.3 Å². The third-order valence-electron chi connectivity index (χ3n) is 5.36. The van der Waals surface area contributed by atoms with Crippen molar-refractivity contribution in [3.8, 4) is 0 Å². The zero-order valence-electron chi connectivity index (χ0n) is 16.7. The molecule has 0 aliphatic carbocycles. The highest BCUT2D eigenvalue weighted by Crippen LogP contribution is 2.22. The van der Waals surface area contributed by atoms with Crippen molar-refractivity contribution in [3.63, 3.8) is 0 Å². The third-order valence-corrected chi connectivity index (χ3v) is 6.24. The Labute approximate surface area is 165 Å². The van der Waals surface area contributed by atoms with E-state index in [0.29, 0.717) is 6.54 Å². The number of fused-ring (bicyclic) bond motifs is 1. The average molecular weight is 384 g/mol. The number of benzene rings is 1. The molecule has 0 aliphatic rings. The average Bonchev–Trinajstić information content (AvgIpc) is 3.30. The Kier molecular flexibility index (Phi) is 6.32. The summed E-state index contributed by atoms with van der Waals surface area (Å²) in [5.41, 5.74) is 1.99. The fourth-order valence-electron chi connectivity index (χ4n) is 3.54. The zero-order chi connectivity index (χ0) is 19.4. The van der Waals surface area contributed by atoms with Crippen LogP contribution in [-0.4, -0.2) is 32.4 Å². The minimum atomic E-state index is 0.175. The SMILES string of the molecule is CCC(C)N(C(=O)Cn1c(Cc2cccs2)nc2ccccc21)C(C)CC. The number of nitrogens with zero attached hydrogens (tertiary/aromatic N) is 3. The van der Waals surface area contributed by atoms with E-state index < -0.39 is 0 Å². The van der Waals surface area contributed by atoms with Gasteiger partial charge in [0.15, 0.2) is 0 Å². The van der Waals surface area contributed by atoms with Gasteiger partial charge in [0.1, 0.15) is 12.4 Å². The normalized spacial score (nSPS) is 13.6. The smallest absolute Gasteiger partial charge is 0.243 e. The number of aromatic nitrogens is 2. The molecule has 2 heterocycles. The minimum absolute atomic E-state index is 0.175. The molecule has 1 amide bonds. The molecule has 0 N–H and O–H groups in total. The van der Waals surface area contributed by atoms with E-state index >= 15 is 0 Å². The number of carbonyl (C=O) groups is 1. The molecular weight excluding hydrogens is 354 g/mol. The molecule has 2 aromatic heterocycles. The summed E-state index contributed by atoms with van der Waals surface area (Å²) in [6.07, 6.45) is 2.68. The van der Waals surface area contributed by atoms with Crippen LogP contribution in [0.5, 0.6) is 0 Å². The van der Waals surface area contributed by atoms with Gasteiger partial charge in [-0.1, -0.05) is 32.0 Å². The second kappa shape index (κ2) is 8.70. The molecule has 2 atom stereocenters. The van der Waals surface area contributed by atoms with E-state index in [4.69, 9.17) is 4.98 Å². The van der Waals surface area contributed by atoms with Crippen molar-refractivity contribution in [2.75, 3.05) is 0 Å². The van der Waals surface area contributed by atoms with E-state index in [1.165, 1.54) is 4.88 Å². The highest BCUT2D eigenvalue weighted by atomic mass is 32.1. The van der Waals surface area contributed by atoms with Crippen molar-refractivity contribution in [2.24, 2.45) is 0 Å². The standard InChI is InChI=1S/C22H29N3OS/c1-5-16(3)25(17(4)6-2)22(26)15-24-20-12-8-7-11-19(20)23-21(24)14-18-10-9-13-27-18/h7-13,16-17H,5-6,14-15H2,1-4H3. The van der Waals surface area contributed by atoms with Gasteiger partial charge in [-0.2, -0.15) is 0 Å². The number of hydrogen-bond acceptors (Lipinski definition) is 3. The molecular formula is C22H29N3OS. The van der Waals surface area contributed by atoms with Crippen LogP contribution in [0.1, 0.15) is 51.2 Å². The van der Waals surface area contributed by atoms with Gasteiger partial charge in [0.05, 0.1) is 11.0 Å². The summed E-state index contributed by atoms with van der Waals surface area (Å²) in [6, 6.07) is 12.8. The molecule has 0 spiro atoms. The lowest BCUT2D eigenvalue weighted by Gasteiger charge is -2.34. The van der Waals surface area contributed by atoms with E-state index in [2.05, 4.69) is 60.7 Å². The van der Waals surface area contributed by atoms with Crippen LogP contribution in [-0.2, 0) is 17.8 Å². The summed E-state index contributed by atoms with van der Waals surface area (Å²) < 4.78 is 2.11.